The predicted octanol–water partition coefficient (Wildman–Crippen LogP) is 4.04. The Morgan fingerprint density at radius 2 is 1.93 bits per heavy atom. The van der Waals surface area contributed by atoms with E-state index in [1.165, 1.54) is 18.2 Å². The van der Waals surface area contributed by atoms with Crippen molar-refractivity contribution in [3.8, 4) is 0 Å². The van der Waals surface area contributed by atoms with Gasteiger partial charge < -0.3 is 10.1 Å². The maximum Gasteiger partial charge on any atom is 0.339 e. The van der Waals surface area contributed by atoms with E-state index < -0.39 is 24.3 Å². The zero-order valence-electron chi connectivity index (χ0n) is 15.1. The van der Waals surface area contributed by atoms with Gasteiger partial charge >= 0.3 is 5.97 Å². The van der Waals surface area contributed by atoms with Crippen LogP contribution in [-0.4, -0.2) is 23.5 Å². The van der Waals surface area contributed by atoms with Crippen molar-refractivity contribution in [3.05, 3.63) is 71.2 Å². The van der Waals surface area contributed by atoms with Gasteiger partial charge in [-0.15, -0.1) is 0 Å². The number of hydrogen-bond donors (Lipinski definition) is 1. The second-order valence-electron chi connectivity index (χ2n) is 6.06. The van der Waals surface area contributed by atoms with Crippen molar-refractivity contribution in [2.45, 2.75) is 20.3 Å². The Morgan fingerprint density at radius 3 is 2.67 bits per heavy atom. The van der Waals surface area contributed by atoms with Crippen LogP contribution in [0.1, 0.15) is 28.5 Å². The van der Waals surface area contributed by atoms with E-state index in [1.807, 2.05) is 32.0 Å². The summed E-state index contributed by atoms with van der Waals surface area (Å²) in [5.74, 6) is -1.59. The topological polar surface area (TPSA) is 68.3 Å². The monoisotopic (exact) mass is 366 g/mol. The zero-order chi connectivity index (χ0) is 19.4. The number of fused-ring (bicyclic) bond motifs is 1. The van der Waals surface area contributed by atoms with Gasteiger partial charge in [-0.05, 0) is 43.2 Å². The average molecular weight is 366 g/mol. The van der Waals surface area contributed by atoms with Crippen molar-refractivity contribution in [2.75, 3.05) is 11.9 Å². The molecule has 3 rings (SSSR count). The predicted molar refractivity (Wildman–Crippen MR) is 101 cm³/mol. The molecule has 27 heavy (non-hydrogen) atoms. The molecule has 138 valence electrons. The average Bonchev–Trinajstić information content (AvgIpc) is 2.65. The first-order valence-electron chi connectivity index (χ1n) is 8.60. The molecule has 1 aromatic heterocycles. The summed E-state index contributed by atoms with van der Waals surface area (Å²) in [5.41, 5.74) is 2.97. The maximum atomic E-state index is 13.2. The smallest absolute Gasteiger partial charge is 0.339 e. The molecule has 0 unspecified atom stereocenters. The number of pyridine rings is 1. The number of aromatic nitrogens is 1. The molecule has 0 saturated heterocycles. The molecule has 0 bridgehead atoms. The van der Waals surface area contributed by atoms with Gasteiger partial charge in [-0.2, -0.15) is 0 Å². The lowest BCUT2D eigenvalue weighted by atomic mass is 10.0. The number of carbonyl (C=O) groups is 2. The summed E-state index contributed by atoms with van der Waals surface area (Å²) < 4.78 is 18.4. The van der Waals surface area contributed by atoms with E-state index >= 15 is 0 Å². The van der Waals surface area contributed by atoms with Gasteiger partial charge in [0.25, 0.3) is 5.91 Å². The fraction of sp³-hybridized carbons (Fsp3) is 0.190. The number of anilines is 1. The molecule has 0 aliphatic carbocycles. The van der Waals surface area contributed by atoms with Crippen LogP contribution in [0.25, 0.3) is 10.9 Å². The third-order valence-electron chi connectivity index (χ3n) is 4.22. The van der Waals surface area contributed by atoms with E-state index in [9.17, 15) is 14.0 Å². The van der Waals surface area contributed by atoms with Crippen molar-refractivity contribution in [3.63, 3.8) is 0 Å². The number of nitrogens with one attached hydrogen (secondary N) is 1. The fourth-order valence-corrected chi connectivity index (χ4v) is 2.93. The van der Waals surface area contributed by atoms with Crippen molar-refractivity contribution in [1.29, 1.82) is 0 Å². The summed E-state index contributed by atoms with van der Waals surface area (Å²) >= 11 is 0. The first-order chi connectivity index (χ1) is 13.0. The number of benzene rings is 2. The van der Waals surface area contributed by atoms with E-state index in [0.29, 0.717) is 28.6 Å². The Bertz CT molecular complexity index is 1020. The van der Waals surface area contributed by atoms with Crippen molar-refractivity contribution in [1.82, 2.24) is 4.98 Å². The lowest BCUT2D eigenvalue weighted by molar-refractivity contribution is -0.119. The molecule has 0 aliphatic rings. The Balaban J connectivity index is 1.78. The maximum absolute atomic E-state index is 13.2. The summed E-state index contributed by atoms with van der Waals surface area (Å²) in [6.07, 6.45) is 0.678. The van der Waals surface area contributed by atoms with Crippen LogP contribution in [0.3, 0.4) is 0 Å². The Morgan fingerprint density at radius 1 is 1.15 bits per heavy atom. The van der Waals surface area contributed by atoms with E-state index in [1.54, 1.807) is 12.1 Å². The summed E-state index contributed by atoms with van der Waals surface area (Å²) in [4.78, 5) is 29.2. The number of nitrogens with zero attached hydrogens (tertiary/aromatic N) is 1. The van der Waals surface area contributed by atoms with Gasteiger partial charge in [0.2, 0.25) is 0 Å². The number of ether oxygens (including phenoxy) is 1. The number of para-hydroxylation sites is 1. The van der Waals surface area contributed by atoms with Gasteiger partial charge in [0.05, 0.1) is 11.1 Å². The highest BCUT2D eigenvalue weighted by atomic mass is 19.1. The third-order valence-corrected chi connectivity index (χ3v) is 4.22. The van der Waals surface area contributed by atoms with Crippen LogP contribution >= 0.6 is 0 Å². The van der Waals surface area contributed by atoms with Crippen LogP contribution in [0, 0.1) is 12.7 Å². The van der Waals surface area contributed by atoms with E-state index in [2.05, 4.69) is 10.3 Å². The minimum absolute atomic E-state index is 0.301. The van der Waals surface area contributed by atoms with Gasteiger partial charge in [0.15, 0.2) is 6.61 Å². The van der Waals surface area contributed by atoms with E-state index in [4.69, 9.17) is 4.74 Å². The number of halogens is 1. The number of esters is 1. The highest BCUT2D eigenvalue weighted by Gasteiger charge is 2.19. The molecule has 0 radical (unpaired) electrons. The number of hydrogen-bond acceptors (Lipinski definition) is 4. The molecule has 0 aliphatic heterocycles. The summed E-state index contributed by atoms with van der Waals surface area (Å²) in [6, 6.07) is 12.8. The molecular weight excluding hydrogens is 347 g/mol. The van der Waals surface area contributed by atoms with Crippen LogP contribution in [0.5, 0.6) is 0 Å². The second-order valence-corrected chi connectivity index (χ2v) is 6.06. The van der Waals surface area contributed by atoms with Gasteiger partial charge in [0, 0.05) is 16.8 Å². The molecule has 3 aromatic rings. The molecule has 5 nitrogen and oxygen atoms in total. The van der Waals surface area contributed by atoms with Crippen LogP contribution in [0.2, 0.25) is 0 Å². The number of amides is 1. The molecule has 0 spiro atoms. The molecular formula is C21H19FN2O3. The first kappa shape index (κ1) is 18.5. The molecule has 0 atom stereocenters. The van der Waals surface area contributed by atoms with Crippen LogP contribution in [0.4, 0.5) is 10.1 Å². The Kier molecular flexibility index (Phi) is 5.45. The number of rotatable bonds is 5. The summed E-state index contributed by atoms with van der Waals surface area (Å²) in [5, 5.41) is 3.18. The van der Waals surface area contributed by atoms with Crippen LogP contribution < -0.4 is 5.32 Å². The largest absolute Gasteiger partial charge is 0.452 e. The molecule has 1 amide bonds. The van der Waals surface area contributed by atoms with Gasteiger partial charge in [-0.25, -0.2) is 9.18 Å². The number of carbonyl (C=O) groups excluding carboxylic acids is 2. The second kappa shape index (κ2) is 7.95. The standard InChI is InChI=1S/C21H19FN2O3/c1-3-17-13(2)20(16-9-4-5-10-18(16)24-17)21(26)27-12-19(25)23-15-8-6-7-14(22)11-15/h4-11H,3,12H2,1-2H3,(H,23,25). The Hall–Kier alpha value is -3.28. The molecule has 2 aromatic carbocycles. The van der Waals surface area contributed by atoms with Crippen molar-refractivity contribution in [2.24, 2.45) is 0 Å². The SMILES string of the molecule is CCc1nc2ccccc2c(C(=O)OCC(=O)Nc2cccc(F)c2)c1C. The zero-order valence-corrected chi connectivity index (χ0v) is 15.1. The lowest BCUT2D eigenvalue weighted by Crippen LogP contribution is -2.21. The molecule has 0 fully saturated rings. The molecule has 1 N–H and O–H groups in total. The van der Waals surface area contributed by atoms with Crippen molar-refractivity contribution < 1.29 is 18.7 Å². The minimum atomic E-state index is -0.588. The molecule has 1 heterocycles. The van der Waals surface area contributed by atoms with Gasteiger partial charge in [-0.1, -0.05) is 31.2 Å². The van der Waals surface area contributed by atoms with E-state index in [0.717, 1.165) is 11.3 Å². The van der Waals surface area contributed by atoms with Gasteiger partial charge in [-0.3, -0.25) is 9.78 Å². The molecule has 6 heteroatoms. The highest BCUT2D eigenvalue weighted by molar-refractivity contribution is 6.05. The van der Waals surface area contributed by atoms with Crippen LogP contribution in [0.15, 0.2) is 48.5 Å². The first-order valence-corrected chi connectivity index (χ1v) is 8.60. The molecule has 0 saturated carbocycles. The summed E-state index contributed by atoms with van der Waals surface area (Å²) in [7, 11) is 0. The van der Waals surface area contributed by atoms with E-state index in [-0.39, 0.29) is 0 Å². The summed E-state index contributed by atoms with van der Waals surface area (Å²) in [6.45, 7) is 3.32. The number of aryl methyl sites for hydroxylation is 1. The normalized spacial score (nSPS) is 10.6. The van der Waals surface area contributed by atoms with Crippen molar-refractivity contribution >= 4 is 28.5 Å². The third kappa shape index (κ3) is 4.11. The highest BCUT2D eigenvalue weighted by Crippen LogP contribution is 2.24. The Labute approximate surface area is 156 Å². The lowest BCUT2D eigenvalue weighted by Gasteiger charge is -2.13. The quantitative estimate of drug-likeness (QED) is 0.692. The van der Waals surface area contributed by atoms with Crippen LogP contribution in [-0.2, 0) is 16.0 Å². The van der Waals surface area contributed by atoms with Gasteiger partial charge in [0.1, 0.15) is 5.82 Å². The minimum Gasteiger partial charge on any atom is -0.452 e. The fourth-order valence-electron chi connectivity index (χ4n) is 2.93.